The first-order valence-corrected chi connectivity index (χ1v) is 28.3. The third-order valence-corrected chi connectivity index (χ3v) is 14.6. The van der Waals surface area contributed by atoms with Gasteiger partial charge in [-0.15, -0.1) is 0 Å². The Kier molecular flexibility index (Phi) is 25.2. The highest BCUT2D eigenvalue weighted by molar-refractivity contribution is 7.22. The van der Waals surface area contributed by atoms with Gasteiger partial charge in [0.25, 0.3) is 0 Å². The molecule has 80 heavy (non-hydrogen) atoms. The second-order valence-electron chi connectivity index (χ2n) is 19.4. The van der Waals surface area contributed by atoms with Gasteiger partial charge in [0, 0.05) is 24.3 Å². The highest BCUT2D eigenvalue weighted by Gasteiger charge is 2.34. The molecule has 1 heterocycles. The van der Waals surface area contributed by atoms with Crippen LogP contribution < -0.4 is 24.0 Å². The molecule has 2 saturated carbocycles. The van der Waals surface area contributed by atoms with Crippen LogP contribution in [0, 0.1) is 23.7 Å². The maximum Gasteiger partial charge on any atom is 0.330 e. The van der Waals surface area contributed by atoms with Crippen molar-refractivity contribution >= 4 is 68.7 Å². The molecule has 4 aromatic rings. The lowest BCUT2D eigenvalue weighted by atomic mass is 9.82. The molecule has 2 aliphatic carbocycles. The molecule has 0 spiro atoms. The van der Waals surface area contributed by atoms with E-state index in [9.17, 15) is 28.8 Å². The normalized spacial score (nSPS) is 17.0. The quantitative estimate of drug-likeness (QED) is 0.00513. The molecule has 0 saturated heterocycles. The Hall–Kier alpha value is -7.86. The molecule has 0 N–H and O–H groups in total. The SMILES string of the molecule is C=CC(=O)OCCCCCCOC(=C)/C=C\C(=C)OC(=O)C1CCC(C(=O)Oc2ccc(OC(=O)C3CCC(C(=O)Oc4ccc(OCCCCCCOC(=O)C=C)cc4)CC3)cc2/C=N/N(CC)c2nc3ccccc3s2)CC1. The van der Waals surface area contributed by atoms with Crippen LogP contribution in [0.5, 0.6) is 23.0 Å². The van der Waals surface area contributed by atoms with Gasteiger partial charge in [0.1, 0.15) is 34.5 Å². The largest absolute Gasteiger partial charge is 0.494 e. The number of ether oxygens (including phenoxy) is 8. The fourth-order valence-corrected chi connectivity index (χ4v) is 9.92. The van der Waals surface area contributed by atoms with Crippen molar-refractivity contribution in [2.24, 2.45) is 28.8 Å². The maximum atomic E-state index is 13.8. The Morgan fingerprint density at radius 3 is 1.64 bits per heavy atom. The van der Waals surface area contributed by atoms with Gasteiger partial charge in [-0.1, -0.05) is 49.8 Å². The summed E-state index contributed by atoms with van der Waals surface area (Å²) in [6.45, 7) is 18.6. The van der Waals surface area contributed by atoms with Gasteiger partial charge < -0.3 is 37.9 Å². The number of hydrogen-bond donors (Lipinski definition) is 0. The van der Waals surface area contributed by atoms with Gasteiger partial charge in [-0.3, -0.25) is 19.2 Å². The molecule has 0 bridgehead atoms. The zero-order valence-corrected chi connectivity index (χ0v) is 46.5. The van der Waals surface area contributed by atoms with E-state index < -0.39 is 47.6 Å². The van der Waals surface area contributed by atoms with Crippen molar-refractivity contribution in [1.82, 2.24) is 4.98 Å². The number of benzene rings is 3. The lowest BCUT2D eigenvalue weighted by molar-refractivity contribution is -0.148. The third kappa shape index (κ3) is 20.4. The number of hydrazone groups is 1. The fraction of sp³-hybridized carbons (Fsp3) is 0.419. The lowest BCUT2D eigenvalue weighted by Gasteiger charge is -2.26. The number of rotatable bonds is 32. The van der Waals surface area contributed by atoms with Gasteiger partial charge in [-0.05, 0) is 176 Å². The number of unbranched alkanes of at least 4 members (excludes halogenated alkanes) is 6. The predicted octanol–water partition coefficient (Wildman–Crippen LogP) is 12.3. The molecular formula is C62H73N3O14S. The van der Waals surface area contributed by atoms with Crippen LogP contribution in [0.4, 0.5) is 5.13 Å². The zero-order valence-electron chi connectivity index (χ0n) is 45.7. The van der Waals surface area contributed by atoms with Crippen LogP contribution in [0.25, 0.3) is 10.2 Å². The Balaban J connectivity index is 0.969. The average molecular weight is 1120 g/mol. The summed E-state index contributed by atoms with van der Waals surface area (Å²) in [5.74, 6) is -2.21. The highest BCUT2D eigenvalue weighted by atomic mass is 32.1. The Morgan fingerprint density at radius 1 is 0.588 bits per heavy atom. The minimum Gasteiger partial charge on any atom is -0.494 e. The van der Waals surface area contributed by atoms with Crippen molar-refractivity contribution in [3.05, 3.63) is 134 Å². The van der Waals surface area contributed by atoms with Gasteiger partial charge in [-0.2, -0.15) is 5.10 Å². The van der Waals surface area contributed by atoms with E-state index in [1.54, 1.807) is 59.8 Å². The average Bonchev–Trinajstić information content (AvgIpc) is 3.91. The number of carbonyl (C=O) groups is 6. The molecule has 2 aliphatic rings. The van der Waals surface area contributed by atoms with Crippen LogP contribution in [0.15, 0.2) is 134 Å². The zero-order chi connectivity index (χ0) is 57.1. The smallest absolute Gasteiger partial charge is 0.330 e. The molecule has 0 atom stereocenters. The number of anilines is 1. The number of fused-ring (bicyclic) bond motifs is 1. The summed E-state index contributed by atoms with van der Waals surface area (Å²) in [5, 5.41) is 7.15. The fourth-order valence-electron chi connectivity index (χ4n) is 8.93. The summed E-state index contributed by atoms with van der Waals surface area (Å²) < 4.78 is 45.7. The number of thiazole rings is 1. The van der Waals surface area contributed by atoms with Gasteiger partial charge >= 0.3 is 35.8 Å². The predicted molar refractivity (Wildman–Crippen MR) is 305 cm³/mol. The van der Waals surface area contributed by atoms with E-state index in [1.165, 1.54) is 17.4 Å². The summed E-state index contributed by atoms with van der Waals surface area (Å²) in [4.78, 5) is 80.7. The topological polar surface area (TPSA) is 205 Å². The van der Waals surface area contributed by atoms with Gasteiger partial charge in [0.15, 0.2) is 0 Å². The van der Waals surface area contributed by atoms with Gasteiger partial charge in [0.05, 0.1) is 66.5 Å². The van der Waals surface area contributed by atoms with Gasteiger partial charge in [-0.25, -0.2) is 19.6 Å². The Bertz CT molecular complexity index is 2790. The molecule has 0 aliphatic heterocycles. The van der Waals surface area contributed by atoms with Crippen LogP contribution in [0.1, 0.15) is 115 Å². The summed E-state index contributed by atoms with van der Waals surface area (Å²) in [6, 6.07) is 19.5. The van der Waals surface area contributed by atoms with E-state index in [0.29, 0.717) is 112 Å². The van der Waals surface area contributed by atoms with Crippen LogP contribution in [-0.4, -0.2) is 80.0 Å². The molecule has 2 fully saturated rings. The van der Waals surface area contributed by atoms with Crippen LogP contribution in [0.3, 0.4) is 0 Å². The number of esters is 6. The van der Waals surface area contributed by atoms with Crippen LogP contribution >= 0.6 is 11.3 Å². The van der Waals surface area contributed by atoms with E-state index in [2.05, 4.69) is 26.3 Å². The highest BCUT2D eigenvalue weighted by Crippen LogP contribution is 2.35. The van der Waals surface area contributed by atoms with E-state index in [4.69, 9.17) is 48.0 Å². The Labute approximate surface area is 472 Å². The molecule has 18 heteroatoms. The summed E-state index contributed by atoms with van der Waals surface area (Å²) in [5.41, 5.74) is 1.24. The van der Waals surface area contributed by atoms with Crippen molar-refractivity contribution < 1.29 is 66.7 Å². The Morgan fingerprint density at radius 2 is 1.07 bits per heavy atom. The van der Waals surface area contributed by atoms with Crippen molar-refractivity contribution in [1.29, 1.82) is 0 Å². The molecule has 6 rings (SSSR count). The summed E-state index contributed by atoms with van der Waals surface area (Å²) in [6.07, 6.45) is 17.2. The van der Waals surface area contributed by atoms with E-state index in [1.807, 2.05) is 31.2 Å². The number of allylic oxidation sites excluding steroid dienone is 2. The second-order valence-corrected chi connectivity index (χ2v) is 20.4. The first kappa shape index (κ1) is 61.4. The molecule has 0 amide bonds. The standard InChI is InChI=1S/C62H73N3O14S/c1-6-56(66)74-39-17-11-9-15-37-72-43(4)21-22-44(5)76-58(68)45-23-29-48(30-24-45)61(71)79-54-36-35-52(41-49(54)42-63-65(8-3)62-64-53-19-13-14-20-55(53)80-62)78-60(70)47-27-25-46(26-28-47)59(69)77-51-33-31-50(32-34-51)73-38-16-10-12-18-40-75-57(67)7-2/h6-7,13-14,19-22,31-36,41-42,45-48H,1-2,4-5,8-12,15-18,23-30,37-40H2,3H3/b22-21-,63-42+. The third-order valence-electron chi connectivity index (χ3n) is 13.5. The molecule has 1 aromatic heterocycles. The first-order valence-electron chi connectivity index (χ1n) is 27.5. The molecule has 0 unspecified atom stereocenters. The monoisotopic (exact) mass is 1120 g/mol. The number of carbonyl (C=O) groups excluding carboxylic acids is 6. The number of hydrogen-bond acceptors (Lipinski definition) is 18. The number of para-hydroxylation sites is 1. The minimum atomic E-state index is -0.482. The van der Waals surface area contributed by atoms with E-state index in [0.717, 1.165) is 73.7 Å². The van der Waals surface area contributed by atoms with Crippen molar-refractivity contribution in [2.75, 3.05) is 38.0 Å². The first-order chi connectivity index (χ1) is 38.8. The lowest BCUT2D eigenvalue weighted by Crippen LogP contribution is -2.30. The minimum absolute atomic E-state index is 0.142. The van der Waals surface area contributed by atoms with Crippen molar-refractivity contribution in [3.63, 3.8) is 0 Å². The van der Waals surface area contributed by atoms with Crippen molar-refractivity contribution in [3.8, 4) is 23.0 Å². The van der Waals surface area contributed by atoms with E-state index >= 15 is 0 Å². The molecule has 426 valence electrons. The van der Waals surface area contributed by atoms with Crippen LogP contribution in [-0.2, 0) is 47.7 Å². The van der Waals surface area contributed by atoms with Crippen LogP contribution in [0.2, 0.25) is 0 Å². The maximum absolute atomic E-state index is 13.8. The van der Waals surface area contributed by atoms with E-state index in [-0.39, 0.29) is 29.1 Å². The summed E-state index contributed by atoms with van der Waals surface area (Å²) in [7, 11) is 0. The number of nitrogens with zero attached hydrogens (tertiary/aromatic N) is 3. The molecule has 0 radical (unpaired) electrons. The molecule has 3 aromatic carbocycles. The second kappa shape index (κ2) is 32.9. The van der Waals surface area contributed by atoms with Gasteiger partial charge in [0.2, 0.25) is 5.13 Å². The number of aromatic nitrogens is 1. The molecule has 17 nitrogen and oxygen atoms in total. The summed E-state index contributed by atoms with van der Waals surface area (Å²) >= 11 is 1.49. The van der Waals surface area contributed by atoms with Crippen molar-refractivity contribution in [2.45, 2.75) is 110 Å². The molecular weight excluding hydrogens is 1040 g/mol.